The van der Waals surface area contributed by atoms with Gasteiger partial charge in [-0.25, -0.2) is 4.99 Å². The van der Waals surface area contributed by atoms with Gasteiger partial charge in [0.1, 0.15) is 18.5 Å². The second-order valence-electron chi connectivity index (χ2n) is 7.65. The van der Waals surface area contributed by atoms with Crippen molar-refractivity contribution in [3.05, 3.63) is 11.6 Å². The van der Waals surface area contributed by atoms with Crippen molar-refractivity contribution in [1.29, 1.82) is 0 Å². The van der Waals surface area contributed by atoms with Gasteiger partial charge < -0.3 is 29.2 Å². The van der Waals surface area contributed by atoms with Crippen LogP contribution in [0.15, 0.2) is 4.99 Å². The highest BCUT2D eigenvalue weighted by atomic mass is 127. The average Bonchev–Trinajstić information content (AvgIpc) is 3.41. The molecule has 2 aliphatic heterocycles. The highest BCUT2D eigenvalue weighted by Gasteiger charge is 2.31. The Morgan fingerprint density at radius 2 is 2.00 bits per heavy atom. The standard InChI is InChI=1S/C20H35N7O3.HI/c1-4-29-13-6-8-21-20(22-15-18-24-23-16(2)25(18)3)27-11-9-26(10-12-27)19(28)17-7-5-14-30-17;/h17H,4-15H2,1-3H3,(H,21,22);1H. The molecule has 31 heavy (non-hydrogen) atoms. The number of aliphatic imine (C=N–C) groups is 1. The first-order valence-electron chi connectivity index (χ1n) is 11.0. The molecule has 176 valence electrons. The molecular formula is C20H36IN7O3. The van der Waals surface area contributed by atoms with Crippen LogP contribution in [0.4, 0.5) is 0 Å². The monoisotopic (exact) mass is 549 g/mol. The van der Waals surface area contributed by atoms with Crippen LogP contribution in [0.5, 0.6) is 0 Å². The van der Waals surface area contributed by atoms with Crippen LogP contribution in [0.3, 0.4) is 0 Å². The number of hydrogen-bond acceptors (Lipinski definition) is 6. The number of rotatable bonds is 8. The third kappa shape index (κ3) is 7.28. The Balaban J connectivity index is 0.00000341. The normalized spacial score (nSPS) is 19.5. The fraction of sp³-hybridized carbons (Fsp3) is 0.800. The van der Waals surface area contributed by atoms with Crippen LogP contribution in [0, 0.1) is 6.92 Å². The second-order valence-corrected chi connectivity index (χ2v) is 7.65. The van der Waals surface area contributed by atoms with Crippen molar-refractivity contribution < 1.29 is 14.3 Å². The number of ether oxygens (including phenoxy) is 2. The minimum Gasteiger partial charge on any atom is -0.382 e. The molecule has 1 aromatic rings. The van der Waals surface area contributed by atoms with Crippen molar-refractivity contribution in [2.24, 2.45) is 12.0 Å². The molecule has 2 fully saturated rings. The predicted molar refractivity (Wildman–Crippen MR) is 129 cm³/mol. The molecule has 1 N–H and O–H groups in total. The smallest absolute Gasteiger partial charge is 0.251 e. The molecule has 1 aromatic heterocycles. The Labute approximate surface area is 201 Å². The van der Waals surface area contributed by atoms with Crippen LogP contribution in [0.1, 0.15) is 37.8 Å². The van der Waals surface area contributed by atoms with Gasteiger partial charge in [-0.2, -0.15) is 0 Å². The summed E-state index contributed by atoms with van der Waals surface area (Å²) in [6.07, 6.45) is 2.47. The van der Waals surface area contributed by atoms with Crippen LogP contribution in [-0.2, 0) is 27.9 Å². The fourth-order valence-corrected chi connectivity index (χ4v) is 3.64. The molecule has 0 spiro atoms. The van der Waals surface area contributed by atoms with E-state index in [0.717, 1.165) is 69.7 Å². The molecule has 1 atom stereocenters. The molecule has 3 rings (SSSR count). The molecule has 2 saturated heterocycles. The first-order valence-corrected chi connectivity index (χ1v) is 11.0. The summed E-state index contributed by atoms with van der Waals surface area (Å²) in [4.78, 5) is 21.5. The fourth-order valence-electron chi connectivity index (χ4n) is 3.64. The van der Waals surface area contributed by atoms with E-state index in [4.69, 9.17) is 14.5 Å². The van der Waals surface area contributed by atoms with Crippen molar-refractivity contribution in [3.8, 4) is 0 Å². The Morgan fingerprint density at radius 1 is 1.26 bits per heavy atom. The molecule has 11 heteroatoms. The van der Waals surface area contributed by atoms with Crippen LogP contribution in [0.2, 0.25) is 0 Å². The summed E-state index contributed by atoms with van der Waals surface area (Å²) < 4.78 is 12.9. The molecule has 0 radical (unpaired) electrons. The molecule has 0 saturated carbocycles. The minimum atomic E-state index is -0.250. The number of nitrogens with one attached hydrogen (secondary N) is 1. The van der Waals surface area contributed by atoms with Crippen LogP contribution >= 0.6 is 24.0 Å². The summed E-state index contributed by atoms with van der Waals surface area (Å²) >= 11 is 0. The number of carbonyl (C=O) groups is 1. The van der Waals surface area contributed by atoms with E-state index in [0.29, 0.717) is 26.2 Å². The van der Waals surface area contributed by atoms with Crippen molar-refractivity contribution in [3.63, 3.8) is 0 Å². The highest BCUT2D eigenvalue weighted by Crippen LogP contribution is 2.16. The Hall–Kier alpha value is -1.47. The topological polar surface area (TPSA) is 97.1 Å². The Bertz CT molecular complexity index is 714. The van der Waals surface area contributed by atoms with E-state index in [1.165, 1.54) is 0 Å². The van der Waals surface area contributed by atoms with E-state index in [9.17, 15) is 4.79 Å². The summed E-state index contributed by atoms with van der Waals surface area (Å²) in [7, 11) is 1.95. The molecule has 0 aliphatic carbocycles. The number of hydrogen-bond donors (Lipinski definition) is 1. The number of aryl methyl sites for hydroxylation is 1. The molecule has 0 aromatic carbocycles. The van der Waals surface area contributed by atoms with Gasteiger partial charge in [0.25, 0.3) is 5.91 Å². The van der Waals surface area contributed by atoms with Gasteiger partial charge >= 0.3 is 0 Å². The molecule has 1 unspecified atom stereocenters. The van der Waals surface area contributed by atoms with Crippen molar-refractivity contribution in [1.82, 2.24) is 29.9 Å². The Morgan fingerprint density at radius 3 is 2.61 bits per heavy atom. The number of aromatic nitrogens is 3. The van der Waals surface area contributed by atoms with Crippen LogP contribution in [-0.4, -0.2) is 95.1 Å². The lowest BCUT2D eigenvalue weighted by Gasteiger charge is -2.37. The van der Waals surface area contributed by atoms with E-state index >= 15 is 0 Å². The first-order chi connectivity index (χ1) is 14.6. The lowest BCUT2D eigenvalue weighted by Crippen LogP contribution is -2.55. The number of guanidine groups is 1. The number of piperazine rings is 1. The van der Waals surface area contributed by atoms with Crippen molar-refractivity contribution in [2.75, 3.05) is 52.5 Å². The maximum atomic E-state index is 12.6. The molecule has 10 nitrogen and oxygen atoms in total. The van der Waals surface area contributed by atoms with Gasteiger partial charge in [0.15, 0.2) is 11.8 Å². The van der Waals surface area contributed by atoms with E-state index < -0.39 is 0 Å². The van der Waals surface area contributed by atoms with Gasteiger partial charge in [0.05, 0.1) is 0 Å². The first kappa shape index (κ1) is 25.8. The number of halogens is 1. The van der Waals surface area contributed by atoms with Crippen molar-refractivity contribution >= 4 is 35.8 Å². The van der Waals surface area contributed by atoms with E-state index in [1.807, 2.05) is 30.4 Å². The summed E-state index contributed by atoms with van der Waals surface area (Å²) in [5, 5.41) is 11.8. The lowest BCUT2D eigenvalue weighted by molar-refractivity contribution is -0.142. The van der Waals surface area contributed by atoms with Gasteiger partial charge in [-0.1, -0.05) is 0 Å². The third-order valence-corrected chi connectivity index (χ3v) is 5.60. The molecule has 2 aliphatic rings. The van der Waals surface area contributed by atoms with Gasteiger partial charge in [-0.3, -0.25) is 4.79 Å². The van der Waals surface area contributed by atoms with Gasteiger partial charge in [0, 0.05) is 59.6 Å². The minimum absolute atomic E-state index is 0. The number of carbonyl (C=O) groups excluding carboxylic acids is 1. The summed E-state index contributed by atoms with van der Waals surface area (Å²) in [5.41, 5.74) is 0. The summed E-state index contributed by atoms with van der Waals surface area (Å²) in [6, 6.07) is 0. The van der Waals surface area contributed by atoms with E-state index in [1.54, 1.807) is 0 Å². The molecule has 0 bridgehead atoms. The zero-order valence-corrected chi connectivity index (χ0v) is 21.2. The largest absolute Gasteiger partial charge is 0.382 e. The van der Waals surface area contributed by atoms with Crippen molar-refractivity contribution in [2.45, 2.75) is 45.8 Å². The summed E-state index contributed by atoms with van der Waals surface area (Å²) in [5.74, 6) is 2.67. The second kappa shape index (κ2) is 13.2. The number of nitrogens with zero attached hydrogens (tertiary/aromatic N) is 6. The van der Waals surface area contributed by atoms with E-state index in [2.05, 4.69) is 20.4 Å². The third-order valence-electron chi connectivity index (χ3n) is 5.60. The molecule has 3 heterocycles. The zero-order valence-electron chi connectivity index (χ0n) is 18.9. The maximum absolute atomic E-state index is 12.6. The van der Waals surface area contributed by atoms with Gasteiger partial charge in [-0.05, 0) is 33.1 Å². The van der Waals surface area contributed by atoms with Gasteiger partial charge in [-0.15, -0.1) is 34.2 Å². The SMILES string of the molecule is CCOCCCNC(=NCc1nnc(C)n1C)N1CCN(C(=O)C2CCCO2)CC1.I. The van der Waals surface area contributed by atoms with Crippen LogP contribution in [0.25, 0.3) is 0 Å². The molecule has 1 amide bonds. The summed E-state index contributed by atoms with van der Waals surface area (Å²) in [6.45, 7) is 10.2. The van der Waals surface area contributed by atoms with Gasteiger partial charge in [0.2, 0.25) is 0 Å². The quantitative estimate of drug-likeness (QED) is 0.223. The van der Waals surface area contributed by atoms with Crippen LogP contribution < -0.4 is 5.32 Å². The average molecular weight is 549 g/mol. The number of amides is 1. The Kier molecular flexibility index (Phi) is 10.9. The highest BCUT2D eigenvalue weighted by molar-refractivity contribution is 14.0. The van der Waals surface area contributed by atoms with E-state index in [-0.39, 0.29) is 36.0 Å². The lowest BCUT2D eigenvalue weighted by atomic mass is 10.2. The zero-order chi connectivity index (χ0) is 21.3. The molecular weight excluding hydrogens is 513 g/mol. The maximum Gasteiger partial charge on any atom is 0.251 e. The predicted octanol–water partition coefficient (Wildman–Crippen LogP) is 0.937.